The third-order valence-corrected chi connectivity index (χ3v) is 3.24. The standard InChI is InChI=1S/C9H8Cl2O3S/c10-7-4-5(9(11)15-7)6(12)2-1-3-8(13)14/h4H,1-3H2,(H,13,14). The molecule has 1 N–H and O–H groups in total. The van der Waals surface area contributed by atoms with Crippen LogP contribution in [-0.2, 0) is 4.79 Å². The Hall–Kier alpha value is -0.580. The van der Waals surface area contributed by atoms with Crippen molar-refractivity contribution < 1.29 is 14.7 Å². The predicted molar refractivity (Wildman–Crippen MR) is 60.2 cm³/mol. The number of ketones is 1. The molecule has 0 bridgehead atoms. The Morgan fingerprint density at radius 3 is 2.47 bits per heavy atom. The molecule has 0 amide bonds. The molecule has 1 aromatic heterocycles. The summed E-state index contributed by atoms with van der Waals surface area (Å²) in [6, 6.07) is 1.51. The highest BCUT2D eigenvalue weighted by Gasteiger charge is 2.14. The van der Waals surface area contributed by atoms with Gasteiger partial charge in [0.25, 0.3) is 0 Å². The first kappa shape index (κ1) is 12.5. The molecular formula is C9H8Cl2O3S. The van der Waals surface area contributed by atoms with Crippen molar-refractivity contribution in [3.05, 3.63) is 20.3 Å². The molecule has 0 atom stereocenters. The van der Waals surface area contributed by atoms with Crippen LogP contribution in [0.5, 0.6) is 0 Å². The highest BCUT2D eigenvalue weighted by Crippen LogP contribution is 2.32. The predicted octanol–water partition coefficient (Wildman–Crippen LogP) is 3.49. The highest BCUT2D eigenvalue weighted by atomic mass is 35.5. The van der Waals surface area contributed by atoms with Gasteiger partial charge in [-0.3, -0.25) is 9.59 Å². The number of hydrogen-bond donors (Lipinski definition) is 1. The number of carboxylic acids is 1. The van der Waals surface area contributed by atoms with Crippen molar-refractivity contribution in [2.45, 2.75) is 19.3 Å². The van der Waals surface area contributed by atoms with Gasteiger partial charge in [0.15, 0.2) is 5.78 Å². The molecule has 0 aromatic carbocycles. The number of aliphatic carboxylic acids is 1. The molecule has 82 valence electrons. The van der Waals surface area contributed by atoms with Crippen LogP contribution in [0.25, 0.3) is 0 Å². The lowest BCUT2D eigenvalue weighted by Gasteiger charge is -1.96. The second-order valence-corrected chi connectivity index (χ2v) is 5.19. The second kappa shape index (κ2) is 5.49. The van der Waals surface area contributed by atoms with E-state index in [1.165, 1.54) is 6.07 Å². The van der Waals surface area contributed by atoms with Crippen LogP contribution in [-0.4, -0.2) is 16.9 Å². The number of hydrogen-bond acceptors (Lipinski definition) is 3. The first-order chi connectivity index (χ1) is 7.00. The second-order valence-electron chi connectivity index (χ2n) is 2.91. The Balaban J connectivity index is 2.54. The van der Waals surface area contributed by atoms with Crippen molar-refractivity contribution in [2.24, 2.45) is 0 Å². The number of carboxylic acid groups (broad SMARTS) is 1. The maximum absolute atomic E-state index is 11.5. The molecule has 0 radical (unpaired) electrons. The van der Waals surface area contributed by atoms with Crippen LogP contribution in [0.2, 0.25) is 8.67 Å². The van der Waals surface area contributed by atoms with Gasteiger partial charge < -0.3 is 5.11 Å². The molecule has 15 heavy (non-hydrogen) atoms. The SMILES string of the molecule is O=C(O)CCCC(=O)c1cc(Cl)sc1Cl. The van der Waals surface area contributed by atoms with E-state index in [9.17, 15) is 9.59 Å². The Morgan fingerprint density at radius 2 is 2.00 bits per heavy atom. The maximum atomic E-state index is 11.5. The maximum Gasteiger partial charge on any atom is 0.303 e. The van der Waals surface area contributed by atoms with Crippen LogP contribution < -0.4 is 0 Å². The number of rotatable bonds is 5. The minimum atomic E-state index is -0.905. The van der Waals surface area contributed by atoms with Crippen LogP contribution >= 0.6 is 34.5 Å². The Morgan fingerprint density at radius 1 is 1.33 bits per heavy atom. The third kappa shape index (κ3) is 3.81. The smallest absolute Gasteiger partial charge is 0.303 e. The molecule has 1 aromatic rings. The number of thiophene rings is 1. The fourth-order valence-corrected chi connectivity index (χ4v) is 2.56. The summed E-state index contributed by atoms with van der Waals surface area (Å²) in [5.41, 5.74) is 0.386. The van der Waals surface area contributed by atoms with E-state index in [2.05, 4.69) is 0 Å². The Kier molecular flexibility index (Phi) is 4.57. The van der Waals surface area contributed by atoms with E-state index in [-0.39, 0.29) is 18.6 Å². The molecule has 1 heterocycles. The van der Waals surface area contributed by atoms with Crippen molar-refractivity contribution in [1.82, 2.24) is 0 Å². The number of carbonyl (C=O) groups is 2. The van der Waals surface area contributed by atoms with E-state index >= 15 is 0 Å². The van der Waals surface area contributed by atoms with Gasteiger partial charge in [0.1, 0.15) is 4.34 Å². The molecule has 0 fully saturated rings. The fraction of sp³-hybridized carbons (Fsp3) is 0.333. The van der Waals surface area contributed by atoms with Gasteiger partial charge in [-0.2, -0.15) is 0 Å². The molecule has 0 aliphatic heterocycles. The third-order valence-electron chi connectivity index (χ3n) is 1.75. The minimum absolute atomic E-state index is 0.0127. The van der Waals surface area contributed by atoms with Crippen LogP contribution in [0.1, 0.15) is 29.6 Å². The molecule has 3 nitrogen and oxygen atoms in total. The average molecular weight is 267 g/mol. The van der Waals surface area contributed by atoms with Gasteiger partial charge in [0, 0.05) is 18.4 Å². The summed E-state index contributed by atoms with van der Waals surface area (Å²) >= 11 is 12.6. The number of halogens is 2. The quantitative estimate of drug-likeness (QED) is 0.831. The van der Waals surface area contributed by atoms with Crippen LogP contribution in [0.3, 0.4) is 0 Å². The molecule has 0 aliphatic carbocycles. The van der Waals surface area contributed by atoms with Crippen molar-refractivity contribution in [3.63, 3.8) is 0 Å². The summed E-state index contributed by atoms with van der Waals surface area (Å²) in [6.07, 6.45) is 0.484. The van der Waals surface area contributed by atoms with E-state index < -0.39 is 5.97 Å². The zero-order valence-corrected chi connectivity index (χ0v) is 9.95. The summed E-state index contributed by atoms with van der Waals surface area (Å²) in [6.45, 7) is 0. The van der Waals surface area contributed by atoms with Crippen LogP contribution in [0.15, 0.2) is 6.07 Å². The fourth-order valence-electron chi connectivity index (χ4n) is 1.07. The van der Waals surface area contributed by atoms with Crippen LogP contribution in [0, 0.1) is 0 Å². The summed E-state index contributed by atoms with van der Waals surface area (Å²) in [5.74, 6) is -1.07. The van der Waals surface area contributed by atoms with E-state index in [0.29, 0.717) is 20.7 Å². The van der Waals surface area contributed by atoms with Gasteiger partial charge in [-0.15, -0.1) is 11.3 Å². The van der Waals surface area contributed by atoms with E-state index in [4.69, 9.17) is 28.3 Å². The van der Waals surface area contributed by atoms with Crippen LogP contribution in [0.4, 0.5) is 0 Å². The molecule has 0 saturated carbocycles. The Labute approximate surface area is 101 Å². The van der Waals surface area contributed by atoms with Crippen molar-refractivity contribution >= 4 is 46.3 Å². The van der Waals surface area contributed by atoms with Gasteiger partial charge in [-0.05, 0) is 12.5 Å². The Bertz CT molecular complexity index is 387. The number of carbonyl (C=O) groups excluding carboxylic acids is 1. The molecular weight excluding hydrogens is 259 g/mol. The topological polar surface area (TPSA) is 54.4 Å². The minimum Gasteiger partial charge on any atom is -0.481 e. The molecule has 6 heteroatoms. The molecule has 0 aliphatic rings. The number of Topliss-reactive ketones (excluding diaryl/α,β-unsaturated/α-hetero) is 1. The zero-order chi connectivity index (χ0) is 11.4. The summed E-state index contributed by atoms with van der Waals surface area (Å²) < 4.78 is 0.821. The first-order valence-electron chi connectivity index (χ1n) is 4.20. The first-order valence-corrected chi connectivity index (χ1v) is 5.77. The van der Waals surface area contributed by atoms with E-state index in [1.54, 1.807) is 0 Å². The lowest BCUT2D eigenvalue weighted by atomic mass is 10.1. The van der Waals surface area contributed by atoms with Crippen molar-refractivity contribution in [1.29, 1.82) is 0 Å². The zero-order valence-electron chi connectivity index (χ0n) is 7.63. The van der Waals surface area contributed by atoms with Gasteiger partial charge in [-0.1, -0.05) is 23.2 Å². The lowest BCUT2D eigenvalue weighted by molar-refractivity contribution is -0.137. The average Bonchev–Trinajstić information content (AvgIpc) is 2.44. The van der Waals surface area contributed by atoms with Crippen molar-refractivity contribution in [2.75, 3.05) is 0 Å². The van der Waals surface area contributed by atoms with E-state index in [0.717, 1.165) is 11.3 Å². The van der Waals surface area contributed by atoms with Gasteiger partial charge in [-0.25, -0.2) is 0 Å². The molecule has 0 unspecified atom stereocenters. The normalized spacial score (nSPS) is 10.3. The molecule has 0 saturated heterocycles. The largest absolute Gasteiger partial charge is 0.481 e. The highest BCUT2D eigenvalue weighted by molar-refractivity contribution is 7.20. The monoisotopic (exact) mass is 266 g/mol. The lowest BCUT2D eigenvalue weighted by Crippen LogP contribution is -2.01. The summed E-state index contributed by atoms with van der Waals surface area (Å²) in [4.78, 5) is 21.8. The van der Waals surface area contributed by atoms with Gasteiger partial charge >= 0.3 is 5.97 Å². The molecule has 1 rings (SSSR count). The van der Waals surface area contributed by atoms with E-state index in [1.807, 2.05) is 0 Å². The van der Waals surface area contributed by atoms with Gasteiger partial charge in [0.05, 0.1) is 4.34 Å². The summed E-state index contributed by atoms with van der Waals surface area (Å²) in [7, 11) is 0. The van der Waals surface area contributed by atoms with Gasteiger partial charge in [0.2, 0.25) is 0 Å². The summed E-state index contributed by atoms with van der Waals surface area (Å²) in [5, 5.41) is 8.40. The van der Waals surface area contributed by atoms with Crippen molar-refractivity contribution in [3.8, 4) is 0 Å². The molecule has 0 spiro atoms.